The van der Waals surface area contributed by atoms with E-state index in [9.17, 15) is 0 Å². The topological polar surface area (TPSA) is 36.9 Å². The van der Waals surface area contributed by atoms with Crippen molar-refractivity contribution in [2.24, 2.45) is 5.41 Å². The van der Waals surface area contributed by atoms with Gasteiger partial charge in [-0.3, -0.25) is 0 Å². The normalized spacial score (nSPS) is 25.6. The van der Waals surface area contributed by atoms with Crippen molar-refractivity contribution >= 4 is 0 Å². The predicted molar refractivity (Wildman–Crippen MR) is 73.2 cm³/mol. The van der Waals surface area contributed by atoms with Crippen LogP contribution in [0.2, 0.25) is 0 Å². The number of hydrogen-bond donors (Lipinski definition) is 0. The molecule has 19 heavy (non-hydrogen) atoms. The second-order valence-corrected chi connectivity index (χ2v) is 5.16. The van der Waals surface area contributed by atoms with Crippen molar-refractivity contribution in [2.75, 3.05) is 27.9 Å². The van der Waals surface area contributed by atoms with Crippen molar-refractivity contribution in [1.29, 1.82) is 0 Å². The van der Waals surface area contributed by atoms with Crippen molar-refractivity contribution < 1.29 is 18.9 Å². The molecule has 1 aliphatic heterocycles. The molecule has 1 heterocycles. The first kappa shape index (κ1) is 14.0. The molecule has 2 rings (SSSR count). The van der Waals surface area contributed by atoms with E-state index in [4.69, 9.17) is 18.9 Å². The zero-order valence-electron chi connectivity index (χ0n) is 12.3. The number of benzene rings is 1. The minimum atomic E-state index is 0.0891. The van der Waals surface area contributed by atoms with Crippen LogP contribution in [0.15, 0.2) is 12.1 Å². The molecule has 1 fully saturated rings. The van der Waals surface area contributed by atoms with Gasteiger partial charge in [-0.1, -0.05) is 13.8 Å². The van der Waals surface area contributed by atoms with Crippen LogP contribution < -0.4 is 14.2 Å². The Morgan fingerprint density at radius 2 is 1.74 bits per heavy atom. The van der Waals surface area contributed by atoms with E-state index in [0.29, 0.717) is 17.2 Å². The Bertz CT molecular complexity index is 428. The summed E-state index contributed by atoms with van der Waals surface area (Å²) in [5.74, 6) is 1.96. The molecule has 4 nitrogen and oxygen atoms in total. The minimum Gasteiger partial charge on any atom is -0.493 e. The third-order valence-electron chi connectivity index (χ3n) is 4.01. The van der Waals surface area contributed by atoms with Gasteiger partial charge in [-0.2, -0.15) is 0 Å². The van der Waals surface area contributed by atoms with Gasteiger partial charge in [0.15, 0.2) is 11.5 Å². The molecule has 0 aromatic heterocycles. The third kappa shape index (κ3) is 2.25. The van der Waals surface area contributed by atoms with Crippen molar-refractivity contribution in [2.45, 2.75) is 26.4 Å². The molecular formula is C15H22O4. The fraction of sp³-hybridized carbons (Fsp3) is 0.600. The van der Waals surface area contributed by atoms with Gasteiger partial charge in [0.1, 0.15) is 0 Å². The minimum absolute atomic E-state index is 0.0891. The molecule has 1 aromatic carbocycles. The summed E-state index contributed by atoms with van der Waals surface area (Å²) in [6, 6.07) is 3.94. The van der Waals surface area contributed by atoms with Gasteiger partial charge in [0, 0.05) is 5.41 Å². The summed E-state index contributed by atoms with van der Waals surface area (Å²) in [5, 5.41) is 0. The number of ether oxygens (including phenoxy) is 4. The average molecular weight is 266 g/mol. The summed E-state index contributed by atoms with van der Waals surface area (Å²) in [5.41, 5.74) is 1.26. The summed E-state index contributed by atoms with van der Waals surface area (Å²) in [6.45, 7) is 5.22. The fourth-order valence-electron chi connectivity index (χ4n) is 2.49. The lowest BCUT2D eigenvalue weighted by Gasteiger charge is -2.46. The smallest absolute Gasteiger partial charge is 0.203 e. The van der Waals surface area contributed by atoms with Crippen LogP contribution in [0.3, 0.4) is 0 Å². The van der Waals surface area contributed by atoms with E-state index in [1.165, 1.54) is 0 Å². The zero-order chi connectivity index (χ0) is 14.0. The molecule has 4 heteroatoms. The number of rotatable bonds is 5. The summed E-state index contributed by atoms with van der Waals surface area (Å²) in [6.07, 6.45) is 1.17. The van der Waals surface area contributed by atoms with E-state index in [1.807, 2.05) is 12.1 Å². The van der Waals surface area contributed by atoms with Crippen LogP contribution in [0.4, 0.5) is 0 Å². The van der Waals surface area contributed by atoms with Crippen molar-refractivity contribution in [1.82, 2.24) is 0 Å². The van der Waals surface area contributed by atoms with E-state index in [1.54, 1.807) is 21.3 Å². The van der Waals surface area contributed by atoms with Crippen molar-refractivity contribution in [3.05, 3.63) is 17.7 Å². The Hall–Kier alpha value is -1.42. The summed E-state index contributed by atoms with van der Waals surface area (Å²) >= 11 is 0. The van der Waals surface area contributed by atoms with E-state index < -0.39 is 0 Å². The average Bonchev–Trinajstić information content (AvgIpc) is 2.43. The van der Waals surface area contributed by atoms with E-state index >= 15 is 0 Å². The summed E-state index contributed by atoms with van der Waals surface area (Å²) in [4.78, 5) is 0. The molecule has 2 atom stereocenters. The molecular weight excluding hydrogens is 244 g/mol. The first-order valence-electron chi connectivity index (χ1n) is 6.51. The van der Waals surface area contributed by atoms with Crippen LogP contribution in [-0.4, -0.2) is 27.9 Å². The monoisotopic (exact) mass is 266 g/mol. The molecule has 0 amide bonds. The van der Waals surface area contributed by atoms with Crippen LogP contribution in [-0.2, 0) is 4.74 Å². The highest BCUT2D eigenvalue weighted by atomic mass is 16.5. The Kier molecular flexibility index (Phi) is 3.90. The highest BCUT2D eigenvalue weighted by molar-refractivity contribution is 5.54. The molecule has 0 radical (unpaired) electrons. The maximum atomic E-state index is 5.74. The van der Waals surface area contributed by atoms with Gasteiger partial charge in [-0.25, -0.2) is 0 Å². The molecule has 1 aromatic rings. The Labute approximate surface area is 114 Å². The van der Waals surface area contributed by atoms with Gasteiger partial charge < -0.3 is 18.9 Å². The Morgan fingerprint density at radius 1 is 1.16 bits per heavy atom. The first-order valence-corrected chi connectivity index (χ1v) is 6.51. The van der Waals surface area contributed by atoms with Gasteiger partial charge in [0.25, 0.3) is 0 Å². The molecule has 1 saturated heterocycles. The first-order chi connectivity index (χ1) is 9.09. The van der Waals surface area contributed by atoms with Crippen LogP contribution in [0.5, 0.6) is 17.2 Å². The van der Waals surface area contributed by atoms with Gasteiger partial charge >= 0.3 is 0 Å². The zero-order valence-corrected chi connectivity index (χ0v) is 12.3. The molecule has 2 unspecified atom stereocenters. The molecule has 0 aliphatic carbocycles. The highest BCUT2D eigenvalue weighted by Crippen LogP contribution is 2.51. The van der Waals surface area contributed by atoms with Crippen LogP contribution >= 0.6 is 0 Å². The maximum Gasteiger partial charge on any atom is 0.203 e. The van der Waals surface area contributed by atoms with E-state index in [0.717, 1.165) is 18.6 Å². The molecule has 0 bridgehead atoms. The van der Waals surface area contributed by atoms with Crippen molar-refractivity contribution in [3.8, 4) is 17.2 Å². The third-order valence-corrected chi connectivity index (χ3v) is 4.01. The van der Waals surface area contributed by atoms with Gasteiger partial charge in [0.05, 0.1) is 34.0 Å². The molecule has 0 spiro atoms. The van der Waals surface area contributed by atoms with Gasteiger partial charge in [-0.15, -0.1) is 0 Å². The van der Waals surface area contributed by atoms with E-state index in [2.05, 4.69) is 13.8 Å². The standard InChI is InChI=1S/C15H22O4/c1-6-15(2)9-19-14(15)10-7-11(16-3)13(18-5)12(8-10)17-4/h7-8,14H,6,9H2,1-5H3. The van der Waals surface area contributed by atoms with Crippen molar-refractivity contribution in [3.63, 3.8) is 0 Å². The van der Waals surface area contributed by atoms with Crippen LogP contribution in [0, 0.1) is 5.41 Å². The van der Waals surface area contributed by atoms with E-state index in [-0.39, 0.29) is 11.5 Å². The second kappa shape index (κ2) is 5.29. The largest absolute Gasteiger partial charge is 0.493 e. The fourth-order valence-corrected chi connectivity index (χ4v) is 2.49. The Morgan fingerprint density at radius 3 is 2.05 bits per heavy atom. The summed E-state index contributed by atoms with van der Waals surface area (Å²) in [7, 11) is 4.86. The number of hydrogen-bond acceptors (Lipinski definition) is 4. The van der Waals surface area contributed by atoms with Gasteiger partial charge in [0.2, 0.25) is 5.75 Å². The predicted octanol–water partition coefficient (Wildman–Crippen LogP) is 3.20. The molecule has 0 N–H and O–H groups in total. The highest BCUT2D eigenvalue weighted by Gasteiger charge is 2.44. The SMILES string of the molecule is CCC1(C)COC1c1cc(OC)c(OC)c(OC)c1. The Balaban J connectivity index is 2.42. The lowest BCUT2D eigenvalue weighted by Crippen LogP contribution is -2.42. The number of methoxy groups -OCH3 is 3. The molecule has 0 saturated carbocycles. The lowest BCUT2D eigenvalue weighted by molar-refractivity contribution is -0.183. The summed E-state index contributed by atoms with van der Waals surface area (Å²) < 4.78 is 21.8. The lowest BCUT2D eigenvalue weighted by atomic mass is 9.75. The molecule has 1 aliphatic rings. The quantitative estimate of drug-likeness (QED) is 0.820. The second-order valence-electron chi connectivity index (χ2n) is 5.16. The molecule has 106 valence electrons. The maximum absolute atomic E-state index is 5.74. The van der Waals surface area contributed by atoms with Crippen LogP contribution in [0.1, 0.15) is 31.9 Å². The van der Waals surface area contributed by atoms with Gasteiger partial charge in [-0.05, 0) is 24.1 Å². The van der Waals surface area contributed by atoms with Crippen LogP contribution in [0.25, 0.3) is 0 Å².